The first kappa shape index (κ1) is 13.3. The molecule has 2 unspecified atom stereocenters. The van der Waals surface area contributed by atoms with Crippen molar-refractivity contribution in [1.29, 1.82) is 0 Å². The van der Waals surface area contributed by atoms with Crippen molar-refractivity contribution < 1.29 is 13.9 Å². The summed E-state index contributed by atoms with van der Waals surface area (Å²) in [4.78, 5) is 0. The number of benzene rings is 2. The Labute approximate surface area is 116 Å². The van der Waals surface area contributed by atoms with E-state index in [0.29, 0.717) is 12.0 Å². The molecule has 0 spiro atoms. The summed E-state index contributed by atoms with van der Waals surface area (Å²) in [7, 11) is 0. The van der Waals surface area contributed by atoms with Gasteiger partial charge < -0.3 is 5.11 Å². The van der Waals surface area contributed by atoms with Gasteiger partial charge in [-0.1, -0.05) is 24.3 Å². The molecule has 20 heavy (non-hydrogen) atoms. The molecule has 0 fully saturated rings. The molecular formula is C17H16F2O. The van der Waals surface area contributed by atoms with Crippen molar-refractivity contribution in [2.24, 2.45) is 5.92 Å². The molecule has 1 N–H and O–H groups in total. The fourth-order valence-electron chi connectivity index (χ4n) is 3.00. The molecular weight excluding hydrogens is 258 g/mol. The summed E-state index contributed by atoms with van der Waals surface area (Å²) in [5.74, 6) is -0.911. The predicted molar refractivity (Wildman–Crippen MR) is 73.3 cm³/mol. The molecule has 2 atom stereocenters. The molecule has 3 heteroatoms. The number of fused-ring (bicyclic) bond motifs is 1. The van der Waals surface area contributed by atoms with E-state index in [1.807, 2.05) is 24.3 Å². The monoisotopic (exact) mass is 274 g/mol. The molecule has 2 aromatic carbocycles. The van der Waals surface area contributed by atoms with Gasteiger partial charge in [-0.3, -0.25) is 0 Å². The second-order valence-corrected chi connectivity index (χ2v) is 5.38. The maximum absolute atomic E-state index is 13.7. The Morgan fingerprint density at radius 1 is 1.10 bits per heavy atom. The molecule has 0 heterocycles. The van der Waals surface area contributed by atoms with Crippen LogP contribution >= 0.6 is 0 Å². The molecule has 104 valence electrons. The maximum Gasteiger partial charge on any atom is 0.126 e. The first-order valence-electron chi connectivity index (χ1n) is 6.85. The predicted octanol–water partition coefficient (Wildman–Crippen LogP) is 3.80. The van der Waals surface area contributed by atoms with Crippen molar-refractivity contribution in [3.63, 3.8) is 0 Å². The summed E-state index contributed by atoms with van der Waals surface area (Å²) in [5.41, 5.74) is 2.41. The number of rotatable bonds is 2. The minimum absolute atomic E-state index is 0.0683. The smallest absolute Gasteiger partial charge is 0.126 e. The van der Waals surface area contributed by atoms with E-state index in [0.717, 1.165) is 36.1 Å². The van der Waals surface area contributed by atoms with Gasteiger partial charge >= 0.3 is 0 Å². The van der Waals surface area contributed by atoms with Gasteiger partial charge in [-0.15, -0.1) is 0 Å². The van der Waals surface area contributed by atoms with Crippen molar-refractivity contribution >= 4 is 0 Å². The molecule has 0 saturated heterocycles. The number of hydrogen-bond acceptors (Lipinski definition) is 1. The van der Waals surface area contributed by atoms with Crippen LogP contribution < -0.4 is 0 Å². The lowest BCUT2D eigenvalue weighted by atomic mass is 9.78. The lowest BCUT2D eigenvalue weighted by Crippen LogP contribution is -2.22. The number of hydrogen-bond donors (Lipinski definition) is 1. The molecule has 0 radical (unpaired) electrons. The van der Waals surface area contributed by atoms with Crippen LogP contribution in [0, 0.1) is 17.6 Å². The molecule has 1 aliphatic rings. The second kappa shape index (κ2) is 5.33. The van der Waals surface area contributed by atoms with E-state index in [9.17, 15) is 13.9 Å². The second-order valence-electron chi connectivity index (χ2n) is 5.38. The van der Waals surface area contributed by atoms with Crippen LogP contribution in [-0.4, -0.2) is 5.11 Å². The number of aliphatic hydroxyl groups excluding tert-OH is 1. The highest BCUT2D eigenvalue weighted by molar-refractivity contribution is 5.32. The van der Waals surface area contributed by atoms with Gasteiger partial charge in [0.1, 0.15) is 11.6 Å². The molecule has 1 aliphatic carbocycles. The Morgan fingerprint density at radius 2 is 1.90 bits per heavy atom. The first-order chi connectivity index (χ1) is 9.65. The summed E-state index contributed by atoms with van der Waals surface area (Å²) < 4.78 is 26.9. The standard InChI is InChI=1S/C17H16F2O/c18-14-7-8-16(19)13(10-14)9-12-6-5-11-3-1-2-4-15(11)17(12)20/h1-4,7-8,10,12,17,20H,5-6,9H2. The van der Waals surface area contributed by atoms with E-state index in [2.05, 4.69) is 0 Å². The van der Waals surface area contributed by atoms with Crippen LogP contribution in [0.2, 0.25) is 0 Å². The highest BCUT2D eigenvalue weighted by atomic mass is 19.1. The SMILES string of the molecule is OC1c2ccccc2CCC1Cc1cc(F)ccc1F. The minimum atomic E-state index is -0.609. The Hall–Kier alpha value is -1.74. The van der Waals surface area contributed by atoms with Gasteiger partial charge in [-0.25, -0.2) is 8.78 Å². The fourth-order valence-corrected chi connectivity index (χ4v) is 3.00. The van der Waals surface area contributed by atoms with Gasteiger partial charge in [0.2, 0.25) is 0 Å². The molecule has 3 rings (SSSR count). The topological polar surface area (TPSA) is 20.2 Å². The lowest BCUT2D eigenvalue weighted by Gasteiger charge is -2.30. The third-order valence-electron chi connectivity index (χ3n) is 4.09. The van der Waals surface area contributed by atoms with E-state index in [4.69, 9.17) is 0 Å². The first-order valence-corrected chi connectivity index (χ1v) is 6.85. The Balaban J connectivity index is 1.84. The number of aliphatic hydroxyl groups is 1. The zero-order valence-electron chi connectivity index (χ0n) is 11.0. The molecule has 2 aromatic rings. The summed E-state index contributed by atoms with van der Waals surface area (Å²) in [6.45, 7) is 0. The molecule has 1 nitrogen and oxygen atoms in total. The fraction of sp³-hybridized carbons (Fsp3) is 0.294. The summed E-state index contributed by atoms with van der Waals surface area (Å²) >= 11 is 0. The largest absolute Gasteiger partial charge is 0.388 e. The van der Waals surface area contributed by atoms with Crippen molar-refractivity contribution in [3.05, 3.63) is 70.8 Å². The Kier molecular flexibility index (Phi) is 3.53. The summed E-state index contributed by atoms with van der Waals surface area (Å²) in [6.07, 6.45) is 1.41. The van der Waals surface area contributed by atoms with Crippen LogP contribution in [0.5, 0.6) is 0 Å². The molecule has 0 aliphatic heterocycles. The number of aryl methyl sites for hydroxylation is 1. The van der Waals surface area contributed by atoms with Gasteiger partial charge in [0.15, 0.2) is 0 Å². The third kappa shape index (κ3) is 2.46. The van der Waals surface area contributed by atoms with E-state index in [1.54, 1.807) is 0 Å². The van der Waals surface area contributed by atoms with Gasteiger partial charge in [0, 0.05) is 0 Å². The minimum Gasteiger partial charge on any atom is -0.388 e. The molecule has 0 aromatic heterocycles. The van der Waals surface area contributed by atoms with E-state index < -0.39 is 17.7 Å². The van der Waals surface area contributed by atoms with Gasteiger partial charge in [0.05, 0.1) is 6.10 Å². The number of halogens is 2. The highest BCUT2D eigenvalue weighted by Crippen LogP contribution is 2.36. The summed E-state index contributed by atoms with van der Waals surface area (Å²) in [5, 5.41) is 10.4. The van der Waals surface area contributed by atoms with E-state index in [1.165, 1.54) is 6.07 Å². The van der Waals surface area contributed by atoms with Crippen LogP contribution in [0.25, 0.3) is 0 Å². The average Bonchev–Trinajstić information content (AvgIpc) is 2.46. The van der Waals surface area contributed by atoms with E-state index >= 15 is 0 Å². The van der Waals surface area contributed by atoms with Crippen molar-refractivity contribution in [2.45, 2.75) is 25.4 Å². The summed E-state index contributed by atoms with van der Waals surface area (Å²) in [6, 6.07) is 11.3. The Bertz CT molecular complexity index is 624. The van der Waals surface area contributed by atoms with Gasteiger partial charge in [0.25, 0.3) is 0 Å². The van der Waals surface area contributed by atoms with Crippen LogP contribution in [-0.2, 0) is 12.8 Å². The Morgan fingerprint density at radius 3 is 2.75 bits per heavy atom. The van der Waals surface area contributed by atoms with Crippen LogP contribution in [0.4, 0.5) is 8.78 Å². The van der Waals surface area contributed by atoms with Crippen LogP contribution in [0.1, 0.15) is 29.2 Å². The quantitative estimate of drug-likeness (QED) is 0.883. The lowest BCUT2D eigenvalue weighted by molar-refractivity contribution is 0.0931. The third-order valence-corrected chi connectivity index (χ3v) is 4.09. The molecule has 0 saturated carbocycles. The van der Waals surface area contributed by atoms with Crippen LogP contribution in [0.15, 0.2) is 42.5 Å². The van der Waals surface area contributed by atoms with Gasteiger partial charge in [-0.2, -0.15) is 0 Å². The maximum atomic E-state index is 13.7. The zero-order chi connectivity index (χ0) is 14.1. The van der Waals surface area contributed by atoms with Crippen molar-refractivity contribution in [1.82, 2.24) is 0 Å². The average molecular weight is 274 g/mol. The molecule has 0 bridgehead atoms. The normalized spacial score (nSPS) is 21.6. The van der Waals surface area contributed by atoms with Crippen LogP contribution in [0.3, 0.4) is 0 Å². The molecule has 0 amide bonds. The van der Waals surface area contributed by atoms with Gasteiger partial charge in [-0.05, 0) is 60.1 Å². The van der Waals surface area contributed by atoms with Crippen molar-refractivity contribution in [2.75, 3.05) is 0 Å². The highest BCUT2D eigenvalue weighted by Gasteiger charge is 2.28. The van der Waals surface area contributed by atoms with Crippen molar-refractivity contribution in [3.8, 4) is 0 Å². The zero-order valence-corrected chi connectivity index (χ0v) is 11.0. The van der Waals surface area contributed by atoms with E-state index in [-0.39, 0.29) is 5.92 Å².